The van der Waals surface area contributed by atoms with E-state index in [0.29, 0.717) is 11.7 Å². The number of aliphatic hydroxyl groups is 1. The normalized spacial score (nSPS) is 19.9. The van der Waals surface area contributed by atoms with Gasteiger partial charge in [0, 0.05) is 30.9 Å². The molecule has 1 fully saturated rings. The summed E-state index contributed by atoms with van der Waals surface area (Å²) in [5.41, 5.74) is 2.20. The van der Waals surface area contributed by atoms with E-state index in [4.69, 9.17) is 5.11 Å². The summed E-state index contributed by atoms with van der Waals surface area (Å²) in [4.78, 5) is 2.33. The second-order valence-electron chi connectivity index (χ2n) is 4.74. The van der Waals surface area contributed by atoms with E-state index in [1.165, 1.54) is 0 Å². The molecule has 1 aromatic rings. The van der Waals surface area contributed by atoms with Crippen LogP contribution in [0.1, 0.15) is 25.3 Å². The van der Waals surface area contributed by atoms with Crippen LogP contribution in [0.2, 0.25) is 0 Å². The number of benzene rings is 1. The Morgan fingerprint density at radius 2 is 2.24 bits per heavy atom. The number of hydrogen-bond donors (Lipinski definition) is 2. The molecule has 0 aliphatic carbocycles. The van der Waals surface area contributed by atoms with Crippen molar-refractivity contribution in [1.29, 1.82) is 0 Å². The molecule has 1 aliphatic heterocycles. The third kappa shape index (κ3) is 2.55. The lowest BCUT2D eigenvalue weighted by Gasteiger charge is -2.22. The first-order valence-electron chi connectivity index (χ1n) is 6.43. The van der Waals surface area contributed by atoms with Gasteiger partial charge in [0.2, 0.25) is 0 Å². The Hall–Kier alpha value is -1.22. The number of anilines is 1. The fraction of sp³-hybridized carbons (Fsp3) is 0.571. The molecule has 1 heterocycles. The van der Waals surface area contributed by atoms with Gasteiger partial charge in [0.15, 0.2) is 0 Å². The van der Waals surface area contributed by atoms with Crippen molar-refractivity contribution >= 4 is 5.69 Å². The van der Waals surface area contributed by atoms with Gasteiger partial charge in [-0.1, -0.05) is 13.0 Å². The Morgan fingerprint density at radius 3 is 2.94 bits per heavy atom. The second kappa shape index (κ2) is 5.41. The maximum atomic E-state index is 9.85. The third-order valence-electron chi connectivity index (χ3n) is 3.64. The molecule has 3 nitrogen and oxygen atoms in total. The smallest absolute Gasteiger partial charge is 0.120 e. The highest BCUT2D eigenvalue weighted by Gasteiger charge is 2.24. The van der Waals surface area contributed by atoms with Crippen molar-refractivity contribution in [2.24, 2.45) is 5.92 Å². The summed E-state index contributed by atoms with van der Waals surface area (Å²) in [5.74, 6) is 0.989. The van der Waals surface area contributed by atoms with Crippen LogP contribution in [0.3, 0.4) is 0 Å². The first kappa shape index (κ1) is 12.2. The van der Waals surface area contributed by atoms with Crippen molar-refractivity contribution < 1.29 is 10.2 Å². The van der Waals surface area contributed by atoms with Crippen molar-refractivity contribution in [2.45, 2.75) is 26.2 Å². The quantitative estimate of drug-likeness (QED) is 0.840. The van der Waals surface area contributed by atoms with E-state index < -0.39 is 0 Å². The Balaban J connectivity index is 2.15. The molecule has 94 valence electrons. The van der Waals surface area contributed by atoms with Gasteiger partial charge in [-0.15, -0.1) is 0 Å². The molecule has 0 radical (unpaired) electrons. The summed E-state index contributed by atoms with van der Waals surface area (Å²) in [5, 5.41) is 18.8. The van der Waals surface area contributed by atoms with Crippen molar-refractivity contribution in [3.05, 3.63) is 23.8 Å². The Kier molecular flexibility index (Phi) is 3.89. The molecule has 1 aliphatic rings. The molecular formula is C14H21NO2. The standard InChI is InChI=1S/C14H21NO2/c1-2-12-13(4-3-5-14(12)17)15-8-6-11(10-15)7-9-16/h3-5,11,16-17H,2,6-10H2,1H3. The average molecular weight is 235 g/mol. The van der Waals surface area contributed by atoms with Gasteiger partial charge in [0.1, 0.15) is 5.75 Å². The highest BCUT2D eigenvalue weighted by Crippen LogP contribution is 2.33. The summed E-state index contributed by atoms with van der Waals surface area (Å²) in [6, 6.07) is 5.74. The first-order valence-corrected chi connectivity index (χ1v) is 6.43. The Bertz CT molecular complexity index is 378. The van der Waals surface area contributed by atoms with Crippen molar-refractivity contribution in [1.82, 2.24) is 0 Å². The molecule has 0 spiro atoms. The van der Waals surface area contributed by atoms with Gasteiger partial charge in [0.05, 0.1) is 0 Å². The zero-order chi connectivity index (χ0) is 12.3. The summed E-state index contributed by atoms with van der Waals surface area (Å²) >= 11 is 0. The molecule has 1 aromatic carbocycles. The van der Waals surface area contributed by atoms with E-state index in [2.05, 4.69) is 17.9 Å². The van der Waals surface area contributed by atoms with Gasteiger partial charge in [-0.25, -0.2) is 0 Å². The van der Waals surface area contributed by atoms with Gasteiger partial charge in [-0.2, -0.15) is 0 Å². The highest BCUT2D eigenvalue weighted by atomic mass is 16.3. The van der Waals surface area contributed by atoms with E-state index in [1.54, 1.807) is 6.07 Å². The zero-order valence-electron chi connectivity index (χ0n) is 10.4. The Labute approximate surface area is 103 Å². The molecular weight excluding hydrogens is 214 g/mol. The number of rotatable bonds is 4. The number of phenols is 1. The summed E-state index contributed by atoms with van der Waals surface area (Å²) in [6.45, 7) is 4.37. The van der Waals surface area contributed by atoms with Crippen LogP contribution in [0, 0.1) is 5.92 Å². The van der Waals surface area contributed by atoms with Gasteiger partial charge in [-0.3, -0.25) is 0 Å². The van der Waals surface area contributed by atoms with Crippen molar-refractivity contribution in [2.75, 3.05) is 24.6 Å². The van der Waals surface area contributed by atoms with Gasteiger partial charge >= 0.3 is 0 Å². The number of aliphatic hydroxyl groups excluding tert-OH is 1. The fourth-order valence-electron chi connectivity index (χ4n) is 2.69. The monoisotopic (exact) mass is 235 g/mol. The lowest BCUT2D eigenvalue weighted by Crippen LogP contribution is -2.21. The van der Waals surface area contributed by atoms with E-state index in [1.807, 2.05) is 6.07 Å². The van der Waals surface area contributed by atoms with Crippen LogP contribution >= 0.6 is 0 Å². The molecule has 3 heteroatoms. The minimum atomic E-state index is 0.277. The van der Waals surface area contributed by atoms with Gasteiger partial charge < -0.3 is 15.1 Å². The average Bonchev–Trinajstić information content (AvgIpc) is 2.78. The maximum Gasteiger partial charge on any atom is 0.120 e. The lowest BCUT2D eigenvalue weighted by molar-refractivity contribution is 0.263. The van der Waals surface area contributed by atoms with Gasteiger partial charge in [-0.05, 0) is 37.3 Å². The van der Waals surface area contributed by atoms with Crippen molar-refractivity contribution in [3.8, 4) is 5.75 Å². The highest BCUT2D eigenvalue weighted by molar-refractivity contribution is 5.59. The molecule has 0 amide bonds. The van der Waals surface area contributed by atoms with Crippen LogP contribution in [-0.4, -0.2) is 29.9 Å². The predicted molar refractivity (Wildman–Crippen MR) is 69.5 cm³/mol. The lowest BCUT2D eigenvalue weighted by atomic mass is 10.1. The summed E-state index contributed by atoms with van der Waals surface area (Å²) in [6.07, 6.45) is 2.87. The molecule has 0 bridgehead atoms. The maximum absolute atomic E-state index is 9.85. The predicted octanol–water partition coefficient (Wildman–Crippen LogP) is 2.16. The van der Waals surface area contributed by atoms with Crippen LogP contribution < -0.4 is 4.90 Å². The molecule has 1 unspecified atom stereocenters. The fourth-order valence-corrected chi connectivity index (χ4v) is 2.69. The molecule has 1 saturated heterocycles. The van der Waals surface area contributed by atoms with Crippen LogP contribution in [0.4, 0.5) is 5.69 Å². The van der Waals surface area contributed by atoms with Crippen LogP contribution in [0.15, 0.2) is 18.2 Å². The summed E-state index contributed by atoms with van der Waals surface area (Å²) in [7, 11) is 0. The van der Waals surface area contributed by atoms with Gasteiger partial charge in [0.25, 0.3) is 0 Å². The molecule has 2 rings (SSSR count). The minimum absolute atomic E-state index is 0.277. The largest absolute Gasteiger partial charge is 0.508 e. The topological polar surface area (TPSA) is 43.7 Å². The SMILES string of the molecule is CCc1c(O)cccc1N1CCC(CCO)C1. The number of hydrogen-bond acceptors (Lipinski definition) is 3. The summed E-state index contributed by atoms with van der Waals surface area (Å²) < 4.78 is 0. The number of phenolic OH excluding ortho intramolecular Hbond substituents is 1. The van der Waals surface area contributed by atoms with Crippen LogP contribution in [0.5, 0.6) is 5.75 Å². The van der Waals surface area contributed by atoms with Crippen LogP contribution in [0.25, 0.3) is 0 Å². The first-order chi connectivity index (χ1) is 8.26. The molecule has 2 N–H and O–H groups in total. The van der Waals surface area contributed by atoms with E-state index in [0.717, 1.165) is 43.6 Å². The van der Waals surface area contributed by atoms with E-state index >= 15 is 0 Å². The van der Waals surface area contributed by atoms with E-state index in [9.17, 15) is 5.11 Å². The molecule has 17 heavy (non-hydrogen) atoms. The second-order valence-corrected chi connectivity index (χ2v) is 4.74. The minimum Gasteiger partial charge on any atom is -0.508 e. The number of nitrogens with zero attached hydrogens (tertiary/aromatic N) is 1. The zero-order valence-corrected chi connectivity index (χ0v) is 10.4. The Morgan fingerprint density at radius 1 is 1.41 bits per heavy atom. The molecule has 0 saturated carbocycles. The molecule has 0 aromatic heterocycles. The third-order valence-corrected chi connectivity index (χ3v) is 3.64. The molecule has 1 atom stereocenters. The van der Waals surface area contributed by atoms with Crippen LogP contribution in [-0.2, 0) is 6.42 Å². The number of aromatic hydroxyl groups is 1. The van der Waals surface area contributed by atoms with Crippen molar-refractivity contribution in [3.63, 3.8) is 0 Å². The van der Waals surface area contributed by atoms with E-state index in [-0.39, 0.29) is 6.61 Å².